The molecule has 25 heavy (non-hydrogen) atoms. The predicted molar refractivity (Wildman–Crippen MR) is 98.4 cm³/mol. The summed E-state index contributed by atoms with van der Waals surface area (Å²) < 4.78 is 0. The van der Waals surface area contributed by atoms with Gasteiger partial charge in [-0.05, 0) is 6.42 Å². The summed E-state index contributed by atoms with van der Waals surface area (Å²) in [6.07, 6.45) is 18.8. The van der Waals surface area contributed by atoms with Gasteiger partial charge >= 0.3 is 0 Å². The highest BCUT2D eigenvalue weighted by Crippen LogP contribution is 2.14. The third-order valence-corrected chi connectivity index (χ3v) is 4.71. The van der Waals surface area contributed by atoms with E-state index in [-0.39, 0.29) is 24.7 Å². The first-order chi connectivity index (χ1) is 12.3. The van der Waals surface area contributed by atoms with Crippen LogP contribution < -0.4 is 0 Å². The summed E-state index contributed by atoms with van der Waals surface area (Å²) in [5.74, 6) is -0.628. The molecule has 5 heteroatoms. The topological polar surface area (TPSA) is 55.8 Å². The first-order valence-electron chi connectivity index (χ1n) is 10.4. The molecule has 1 heterocycles. The van der Waals surface area contributed by atoms with E-state index in [1.807, 2.05) is 0 Å². The van der Waals surface area contributed by atoms with Crippen LogP contribution in [0.1, 0.15) is 110 Å². The summed E-state index contributed by atoms with van der Waals surface area (Å²) in [5.41, 5.74) is 0. The van der Waals surface area contributed by atoms with Gasteiger partial charge in [0.15, 0.2) is 0 Å². The number of imide groups is 1. The van der Waals surface area contributed by atoms with Crippen molar-refractivity contribution >= 4 is 11.8 Å². The van der Waals surface area contributed by atoms with Crippen molar-refractivity contribution in [3.05, 3.63) is 0 Å². The van der Waals surface area contributed by atoms with Gasteiger partial charge in [0.1, 0.15) is 0 Å². The SMILES string of the molecule is CCCCCCCCCCCCCCCCOON1C(=O)CCC1=O. The lowest BCUT2D eigenvalue weighted by Gasteiger charge is -2.11. The van der Waals surface area contributed by atoms with Crippen LogP contribution >= 0.6 is 0 Å². The van der Waals surface area contributed by atoms with Crippen LogP contribution in [0.2, 0.25) is 0 Å². The highest BCUT2D eigenvalue weighted by molar-refractivity contribution is 6.00. The Morgan fingerprint density at radius 3 is 1.52 bits per heavy atom. The Balaban J connectivity index is 1.73. The second-order valence-corrected chi connectivity index (χ2v) is 7.07. The molecule has 0 unspecified atom stereocenters. The van der Waals surface area contributed by atoms with E-state index in [4.69, 9.17) is 9.88 Å². The lowest BCUT2D eigenvalue weighted by molar-refractivity contribution is -0.393. The summed E-state index contributed by atoms with van der Waals surface area (Å²) in [7, 11) is 0. The highest BCUT2D eigenvalue weighted by Gasteiger charge is 2.31. The average Bonchev–Trinajstić information content (AvgIpc) is 2.93. The van der Waals surface area contributed by atoms with Gasteiger partial charge in [0, 0.05) is 12.8 Å². The number of carbonyl (C=O) groups is 2. The van der Waals surface area contributed by atoms with Crippen LogP contribution in [0.4, 0.5) is 0 Å². The van der Waals surface area contributed by atoms with E-state index in [1.54, 1.807) is 0 Å². The van der Waals surface area contributed by atoms with Crippen LogP contribution in [0.25, 0.3) is 0 Å². The molecule has 0 N–H and O–H groups in total. The number of amides is 2. The molecule has 1 saturated heterocycles. The molecule has 0 aromatic heterocycles. The summed E-state index contributed by atoms with van der Waals surface area (Å²) >= 11 is 0. The fourth-order valence-electron chi connectivity index (χ4n) is 3.08. The lowest BCUT2D eigenvalue weighted by atomic mass is 10.0. The zero-order valence-corrected chi connectivity index (χ0v) is 16.1. The zero-order chi connectivity index (χ0) is 18.2. The van der Waals surface area contributed by atoms with Gasteiger partial charge in [0.2, 0.25) is 0 Å². The van der Waals surface area contributed by atoms with Gasteiger partial charge in [0.25, 0.3) is 11.8 Å². The molecule has 0 radical (unpaired) electrons. The maximum atomic E-state index is 11.3. The van der Waals surface area contributed by atoms with Crippen molar-refractivity contribution in [3.8, 4) is 0 Å². The van der Waals surface area contributed by atoms with Crippen LogP contribution in [-0.4, -0.2) is 23.5 Å². The molecule has 1 aliphatic heterocycles. The minimum absolute atomic E-state index is 0.223. The Morgan fingerprint density at radius 1 is 0.680 bits per heavy atom. The summed E-state index contributed by atoms with van der Waals surface area (Å²) in [4.78, 5) is 32.3. The molecule has 1 fully saturated rings. The number of rotatable bonds is 17. The molecule has 1 aliphatic rings. The van der Waals surface area contributed by atoms with Gasteiger partial charge in [0.05, 0.1) is 6.61 Å². The lowest BCUT2D eigenvalue weighted by Crippen LogP contribution is -2.29. The second kappa shape index (κ2) is 15.3. The van der Waals surface area contributed by atoms with Gasteiger partial charge in [-0.3, -0.25) is 9.59 Å². The number of hydrogen-bond acceptors (Lipinski definition) is 4. The fraction of sp³-hybridized carbons (Fsp3) is 0.900. The maximum absolute atomic E-state index is 11.3. The Hall–Kier alpha value is -0.940. The molecule has 146 valence electrons. The normalized spacial score (nSPS) is 14.7. The average molecular weight is 356 g/mol. The second-order valence-electron chi connectivity index (χ2n) is 7.07. The third kappa shape index (κ3) is 11.3. The molecule has 0 bridgehead atoms. The quantitative estimate of drug-likeness (QED) is 0.150. The Labute approximate surface area is 153 Å². The first-order valence-corrected chi connectivity index (χ1v) is 10.4. The fourth-order valence-corrected chi connectivity index (χ4v) is 3.08. The predicted octanol–water partition coefficient (Wildman–Crippen LogP) is 5.48. The van der Waals surface area contributed by atoms with E-state index in [0.717, 1.165) is 17.9 Å². The largest absolute Gasteiger partial charge is 0.272 e. The smallest absolute Gasteiger partial charge is 0.256 e. The van der Waals surface area contributed by atoms with Crippen molar-refractivity contribution in [2.45, 2.75) is 110 Å². The van der Waals surface area contributed by atoms with Crippen molar-refractivity contribution in [1.29, 1.82) is 0 Å². The molecule has 2 amide bonds. The molecule has 0 aromatic carbocycles. The van der Waals surface area contributed by atoms with Gasteiger partial charge in [-0.2, -0.15) is 0 Å². The van der Waals surface area contributed by atoms with Crippen LogP contribution in [0.3, 0.4) is 0 Å². The number of hydroxylamine groups is 2. The Kier molecular flexibility index (Phi) is 13.5. The van der Waals surface area contributed by atoms with Crippen LogP contribution in [0, 0.1) is 0 Å². The van der Waals surface area contributed by atoms with E-state index in [9.17, 15) is 9.59 Å². The standard InChI is InChI=1S/C20H37NO4/c1-2-3-4-5-6-7-8-9-10-11-12-13-14-15-18-24-25-21-19(22)16-17-20(21)23/h2-18H2,1H3. The van der Waals surface area contributed by atoms with Crippen LogP contribution in [0.5, 0.6) is 0 Å². The Morgan fingerprint density at radius 2 is 1.08 bits per heavy atom. The third-order valence-electron chi connectivity index (χ3n) is 4.71. The monoisotopic (exact) mass is 355 g/mol. The van der Waals surface area contributed by atoms with Crippen molar-refractivity contribution < 1.29 is 19.5 Å². The zero-order valence-electron chi connectivity index (χ0n) is 16.1. The number of nitrogens with zero attached hydrogens (tertiary/aromatic N) is 1. The first kappa shape index (κ1) is 22.1. The van der Waals surface area contributed by atoms with Crippen molar-refractivity contribution in [2.75, 3.05) is 6.61 Å². The van der Waals surface area contributed by atoms with Crippen molar-refractivity contribution in [2.24, 2.45) is 0 Å². The van der Waals surface area contributed by atoms with Crippen molar-refractivity contribution in [1.82, 2.24) is 5.06 Å². The molecule has 0 saturated carbocycles. The number of carbonyl (C=O) groups excluding carboxylic acids is 2. The maximum Gasteiger partial charge on any atom is 0.256 e. The van der Waals surface area contributed by atoms with Crippen LogP contribution in [-0.2, 0) is 19.5 Å². The van der Waals surface area contributed by atoms with Gasteiger partial charge in [-0.1, -0.05) is 90.4 Å². The molecule has 0 aliphatic carbocycles. The molecule has 5 nitrogen and oxygen atoms in total. The van der Waals surface area contributed by atoms with E-state index in [2.05, 4.69) is 6.92 Å². The summed E-state index contributed by atoms with van der Waals surface area (Å²) in [6.45, 7) is 2.69. The summed E-state index contributed by atoms with van der Waals surface area (Å²) in [6, 6.07) is 0. The molecular weight excluding hydrogens is 318 g/mol. The van der Waals surface area contributed by atoms with Gasteiger partial charge < -0.3 is 0 Å². The van der Waals surface area contributed by atoms with Gasteiger partial charge in [-0.15, -0.1) is 10.1 Å². The molecule has 1 rings (SSSR count). The summed E-state index contributed by atoms with van der Waals surface area (Å²) in [5, 5.41) is 0.740. The van der Waals surface area contributed by atoms with Crippen molar-refractivity contribution in [3.63, 3.8) is 0 Å². The Bertz CT molecular complexity index is 344. The number of hydrogen-bond donors (Lipinski definition) is 0. The molecule has 0 atom stereocenters. The van der Waals surface area contributed by atoms with E-state index >= 15 is 0 Å². The minimum Gasteiger partial charge on any atom is -0.272 e. The van der Waals surface area contributed by atoms with E-state index in [0.29, 0.717) is 6.61 Å². The van der Waals surface area contributed by atoms with Crippen LogP contribution in [0.15, 0.2) is 0 Å². The molecular formula is C20H37NO4. The van der Waals surface area contributed by atoms with E-state index in [1.165, 1.54) is 77.0 Å². The molecule has 0 aromatic rings. The minimum atomic E-state index is -0.314. The number of unbranched alkanes of at least 4 members (excludes halogenated alkanes) is 13. The van der Waals surface area contributed by atoms with Gasteiger partial charge in [-0.25, -0.2) is 4.89 Å². The molecule has 0 spiro atoms. The highest BCUT2D eigenvalue weighted by atomic mass is 17.3. The van der Waals surface area contributed by atoms with E-state index < -0.39 is 0 Å².